The van der Waals surface area contributed by atoms with Crippen molar-refractivity contribution in [1.29, 1.82) is 0 Å². The fourth-order valence-corrected chi connectivity index (χ4v) is 1.96. The molecule has 1 aliphatic rings. The standard InChI is InChI=1S/C13H18N2O/c1-10-5-8-15(9-6-10)13-12(11(2)16)4-3-7-14-13/h3-5,7,11,16H,6,8-9H2,1-2H3/t11-/m1/s1. The fraction of sp³-hybridized carbons (Fsp3) is 0.462. The largest absolute Gasteiger partial charge is 0.389 e. The smallest absolute Gasteiger partial charge is 0.134 e. The number of aromatic nitrogens is 1. The summed E-state index contributed by atoms with van der Waals surface area (Å²) in [6.45, 7) is 5.82. The molecule has 0 amide bonds. The van der Waals surface area contributed by atoms with Gasteiger partial charge in [0.25, 0.3) is 0 Å². The second-order valence-electron chi connectivity index (χ2n) is 4.34. The Bertz CT molecular complexity index is 399. The van der Waals surface area contributed by atoms with Crippen molar-refractivity contribution in [2.75, 3.05) is 18.0 Å². The van der Waals surface area contributed by atoms with Crippen molar-refractivity contribution < 1.29 is 5.11 Å². The minimum atomic E-state index is -0.462. The predicted molar refractivity (Wildman–Crippen MR) is 65.5 cm³/mol. The van der Waals surface area contributed by atoms with Crippen molar-refractivity contribution in [3.63, 3.8) is 0 Å². The first-order valence-corrected chi connectivity index (χ1v) is 5.72. The summed E-state index contributed by atoms with van der Waals surface area (Å²) in [6.07, 6.45) is 4.63. The zero-order chi connectivity index (χ0) is 11.5. The average Bonchev–Trinajstić information content (AvgIpc) is 2.30. The maximum Gasteiger partial charge on any atom is 0.134 e. The van der Waals surface area contributed by atoms with Crippen molar-refractivity contribution >= 4 is 5.82 Å². The van der Waals surface area contributed by atoms with E-state index in [9.17, 15) is 5.11 Å². The molecule has 0 unspecified atom stereocenters. The number of anilines is 1. The number of aliphatic hydroxyl groups is 1. The lowest BCUT2D eigenvalue weighted by molar-refractivity contribution is 0.199. The van der Waals surface area contributed by atoms with Gasteiger partial charge in [-0.25, -0.2) is 4.98 Å². The van der Waals surface area contributed by atoms with E-state index in [0.29, 0.717) is 0 Å². The molecule has 3 heteroatoms. The van der Waals surface area contributed by atoms with E-state index >= 15 is 0 Å². The van der Waals surface area contributed by atoms with Crippen LogP contribution in [0.5, 0.6) is 0 Å². The van der Waals surface area contributed by atoms with Gasteiger partial charge in [0.15, 0.2) is 0 Å². The van der Waals surface area contributed by atoms with E-state index < -0.39 is 6.10 Å². The molecule has 1 N–H and O–H groups in total. The Kier molecular flexibility index (Phi) is 3.25. The Morgan fingerprint density at radius 2 is 2.31 bits per heavy atom. The summed E-state index contributed by atoms with van der Waals surface area (Å²) in [5, 5.41) is 9.71. The van der Waals surface area contributed by atoms with Crippen LogP contribution >= 0.6 is 0 Å². The van der Waals surface area contributed by atoms with Crippen molar-refractivity contribution in [2.24, 2.45) is 0 Å². The van der Waals surface area contributed by atoms with Crippen LogP contribution in [0.25, 0.3) is 0 Å². The molecule has 0 aliphatic carbocycles. The van der Waals surface area contributed by atoms with Gasteiger partial charge in [-0.2, -0.15) is 0 Å². The molecule has 0 spiro atoms. The molecule has 1 atom stereocenters. The summed E-state index contributed by atoms with van der Waals surface area (Å²) >= 11 is 0. The van der Waals surface area contributed by atoms with E-state index in [0.717, 1.165) is 30.9 Å². The molecule has 1 aliphatic heterocycles. The van der Waals surface area contributed by atoms with Gasteiger partial charge in [-0.05, 0) is 26.3 Å². The van der Waals surface area contributed by atoms with Crippen LogP contribution in [0.3, 0.4) is 0 Å². The van der Waals surface area contributed by atoms with Crippen molar-refractivity contribution in [3.8, 4) is 0 Å². The molecule has 0 saturated heterocycles. The van der Waals surface area contributed by atoms with Gasteiger partial charge in [-0.3, -0.25) is 0 Å². The summed E-state index contributed by atoms with van der Waals surface area (Å²) in [6, 6.07) is 3.81. The summed E-state index contributed by atoms with van der Waals surface area (Å²) < 4.78 is 0. The van der Waals surface area contributed by atoms with Gasteiger partial charge in [0.2, 0.25) is 0 Å². The second-order valence-corrected chi connectivity index (χ2v) is 4.34. The van der Waals surface area contributed by atoms with Gasteiger partial charge in [0, 0.05) is 24.8 Å². The minimum Gasteiger partial charge on any atom is -0.389 e. The normalized spacial score (nSPS) is 18.2. The molecule has 2 heterocycles. The van der Waals surface area contributed by atoms with Gasteiger partial charge in [0.05, 0.1) is 6.10 Å². The van der Waals surface area contributed by atoms with Crippen LogP contribution in [0.15, 0.2) is 30.0 Å². The highest BCUT2D eigenvalue weighted by molar-refractivity contribution is 5.49. The lowest BCUT2D eigenvalue weighted by Crippen LogP contribution is -2.30. The summed E-state index contributed by atoms with van der Waals surface area (Å²) in [5.41, 5.74) is 2.35. The van der Waals surface area contributed by atoms with Crippen LogP contribution in [0.4, 0.5) is 5.82 Å². The quantitative estimate of drug-likeness (QED) is 0.774. The Morgan fingerprint density at radius 3 is 2.94 bits per heavy atom. The second kappa shape index (κ2) is 4.66. The predicted octanol–water partition coefficient (Wildman–Crippen LogP) is 2.29. The van der Waals surface area contributed by atoms with E-state index in [2.05, 4.69) is 22.9 Å². The molecule has 86 valence electrons. The van der Waals surface area contributed by atoms with Crippen molar-refractivity contribution in [2.45, 2.75) is 26.4 Å². The Morgan fingerprint density at radius 1 is 1.50 bits per heavy atom. The van der Waals surface area contributed by atoms with Gasteiger partial charge in [-0.15, -0.1) is 0 Å². The topological polar surface area (TPSA) is 36.4 Å². The molecule has 1 aromatic heterocycles. The molecule has 0 saturated carbocycles. The van der Waals surface area contributed by atoms with Crippen LogP contribution in [-0.4, -0.2) is 23.2 Å². The molecule has 16 heavy (non-hydrogen) atoms. The Hall–Kier alpha value is -1.35. The average molecular weight is 218 g/mol. The number of pyridine rings is 1. The molecule has 2 rings (SSSR count). The highest BCUT2D eigenvalue weighted by atomic mass is 16.3. The molecular formula is C13H18N2O. The van der Waals surface area contributed by atoms with Crippen LogP contribution in [-0.2, 0) is 0 Å². The van der Waals surface area contributed by atoms with Gasteiger partial charge in [-0.1, -0.05) is 17.7 Å². The highest BCUT2D eigenvalue weighted by Gasteiger charge is 2.16. The lowest BCUT2D eigenvalue weighted by atomic mass is 10.1. The highest BCUT2D eigenvalue weighted by Crippen LogP contribution is 2.25. The van der Waals surface area contributed by atoms with E-state index in [1.54, 1.807) is 13.1 Å². The molecule has 0 radical (unpaired) electrons. The Balaban J connectivity index is 2.27. The zero-order valence-corrected chi connectivity index (χ0v) is 9.85. The molecule has 1 aromatic rings. The van der Waals surface area contributed by atoms with E-state index in [-0.39, 0.29) is 0 Å². The van der Waals surface area contributed by atoms with Crippen LogP contribution < -0.4 is 4.90 Å². The first kappa shape index (κ1) is 11.1. The third kappa shape index (κ3) is 2.25. The van der Waals surface area contributed by atoms with E-state index in [1.165, 1.54) is 5.57 Å². The maximum absolute atomic E-state index is 9.71. The van der Waals surface area contributed by atoms with Gasteiger partial charge >= 0.3 is 0 Å². The summed E-state index contributed by atoms with van der Waals surface area (Å²) in [5.74, 6) is 0.918. The minimum absolute atomic E-state index is 0.462. The molecule has 0 aromatic carbocycles. The fourth-order valence-electron chi connectivity index (χ4n) is 1.96. The molecular weight excluding hydrogens is 200 g/mol. The van der Waals surface area contributed by atoms with Crippen molar-refractivity contribution in [1.82, 2.24) is 4.98 Å². The number of rotatable bonds is 2. The third-order valence-corrected chi connectivity index (χ3v) is 3.00. The van der Waals surface area contributed by atoms with Gasteiger partial charge in [0.1, 0.15) is 5.82 Å². The summed E-state index contributed by atoms with van der Waals surface area (Å²) in [7, 11) is 0. The number of hydrogen-bond donors (Lipinski definition) is 1. The zero-order valence-electron chi connectivity index (χ0n) is 9.85. The van der Waals surface area contributed by atoms with E-state index in [1.807, 2.05) is 12.1 Å². The first-order valence-electron chi connectivity index (χ1n) is 5.72. The third-order valence-electron chi connectivity index (χ3n) is 3.00. The number of hydrogen-bond acceptors (Lipinski definition) is 3. The van der Waals surface area contributed by atoms with Crippen LogP contribution in [0.1, 0.15) is 31.9 Å². The lowest BCUT2D eigenvalue weighted by Gasteiger charge is -2.28. The number of nitrogens with zero attached hydrogens (tertiary/aromatic N) is 2. The van der Waals surface area contributed by atoms with E-state index in [4.69, 9.17) is 0 Å². The first-order chi connectivity index (χ1) is 7.68. The molecule has 0 bridgehead atoms. The SMILES string of the molecule is CC1=CCN(c2ncccc2[C@@H](C)O)CC1. The van der Waals surface area contributed by atoms with Crippen molar-refractivity contribution in [3.05, 3.63) is 35.5 Å². The Labute approximate surface area is 96.4 Å². The maximum atomic E-state index is 9.71. The van der Waals surface area contributed by atoms with Gasteiger partial charge < -0.3 is 10.0 Å². The summed E-state index contributed by atoms with van der Waals surface area (Å²) in [4.78, 5) is 6.60. The molecule has 0 fully saturated rings. The monoisotopic (exact) mass is 218 g/mol. The molecule has 3 nitrogen and oxygen atoms in total. The van der Waals surface area contributed by atoms with Crippen LogP contribution in [0.2, 0.25) is 0 Å². The van der Waals surface area contributed by atoms with Crippen LogP contribution in [0, 0.1) is 0 Å². The number of aliphatic hydroxyl groups excluding tert-OH is 1.